The molecule has 0 radical (unpaired) electrons. The van der Waals surface area contributed by atoms with Gasteiger partial charge in [-0.1, -0.05) is 28.1 Å². The van der Waals surface area contributed by atoms with E-state index in [0.717, 1.165) is 5.56 Å². The van der Waals surface area contributed by atoms with Gasteiger partial charge in [-0.05, 0) is 42.8 Å². The van der Waals surface area contributed by atoms with E-state index in [1.807, 2.05) is 5.38 Å². The highest BCUT2D eigenvalue weighted by molar-refractivity contribution is 9.10. The third-order valence-electron chi connectivity index (χ3n) is 4.25. The second kappa shape index (κ2) is 8.29. The van der Waals surface area contributed by atoms with E-state index in [1.165, 1.54) is 35.9 Å². The molecule has 0 atom stereocenters. The van der Waals surface area contributed by atoms with Crippen molar-refractivity contribution < 1.29 is 17.5 Å². The van der Waals surface area contributed by atoms with E-state index in [1.54, 1.807) is 31.2 Å². The first-order valence-corrected chi connectivity index (χ1v) is 12.0. The Morgan fingerprint density at radius 1 is 1.17 bits per heavy atom. The van der Waals surface area contributed by atoms with Crippen molar-refractivity contribution in [2.45, 2.75) is 11.8 Å². The molecule has 0 saturated heterocycles. The summed E-state index contributed by atoms with van der Waals surface area (Å²) >= 11 is 4.66. The molecule has 0 aliphatic heterocycles. The number of nitrogens with one attached hydrogen (secondary N) is 1. The number of thiophene rings is 1. The van der Waals surface area contributed by atoms with Gasteiger partial charge in [-0.25, -0.2) is 22.8 Å². The van der Waals surface area contributed by atoms with Gasteiger partial charge in [0.2, 0.25) is 0 Å². The SMILES string of the molecule is CCOc1ccc(Br)cc1S(=O)(=O)Nc1ncnc2scc(-c3ccc(F)cc3)c12. The maximum atomic E-state index is 13.3. The summed E-state index contributed by atoms with van der Waals surface area (Å²) in [6.07, 6.45) is 1.30. The Hall–Kier alpha value is -2.56. The average Bonchev–Trinajstić information content (AvgIpc) is 3.15. The lowest BCUT2D eigenvalue weighted by atomic mass is 10.1. The Morgan fingerprint density at radius 3 is 2.67 bits per heavy atom. The van der Waals surface area contributed by atoms with Crippen molar-refractivity contribution >= 4 is 53.3 Å². The number of ether oxygens (including phenoxy) is 1. The summed E-state index contributed by atoms with van der Waals surface area (Å²) in [5.74, 6) is 0.0270. The van der Waals surface area contributed by atoms with E-state index in [-0.39, 0.29) is 22.3 Å². The van der Waals surface area contributed by atoms with Gasteiger partial charge in [-0.3, -0.25) is 4.72 Å². The molecule has 2 aromatic heterocycles. The van der Waals surface area contributed by atoms with E-state index in [2.05, 4.69) is 30.6 Å². The maximum absolute atomic E-state index is 13.3. The van der Waals surface area contributed by atoms with Crippen molar-refractivity contribution in [1.29, 1.82) is 0 Å². The van der Waals surface area contributed by atoms with Gasteiger partial charge in [0, 0.05) is 15.4 Å². The largest absolute Gasteiger partial charge is 0.492 e. The zero-order valence-corrected chi connectivity index (χ0v) is 18.8. The molecule has 6 nitrogen and oxygen atoms in total. The fourth-order valence-corrected chi connectivity index (χ4v) is 5.57. The summed E-state index contributed by atoms with van der Waals surface area (Å²) in [5.41, 5.74) is 1.45. The summed E-state index contributed by atoms with van der Waals surface area (Å²) in [6, 6.07) is 10.7. The minimum Gasteiger partial charge on any atom is -0.492 e. The number of benzene rings is 2. The van der Waals surface area contributed by atoms with Crippen molar-refractivity contribution in [1.82, 2.24) is 9.97 Å². The highest BCUT2D eigenvalue weighted by Crippen LogP contribution is 2.38. The van der Waals surface area contributed by atoms with Crippen LogP contribution >= 0.6 is 27.3 Å². The summed E-state index contributed by atoms with van der Waals surface area (Å²) in [6.45, 7) is 2.10. The van der Waals surface area contributed by atoms with Crippen LogP contribution in [-0.2, 0) is 10.0 Å². The molecule has 0 aliphatic carbocycles. The number of rotatable bonds is 6. The van der Waals surface area contributed by atoms with E-state index < -0.39 is 10.0 Å². The Balaban J connectivity index is 1.82. The molecule has 0 spiro atoms. The molecular weight excluding hydrogens is 493 g/mol. The van der Waals surface area contributed by atoms with Crippen molar-refractivity contribution in [3.8, 4) is 16.9 Å². The lowest BCUT2D eigenvalue weighted by molar-refractivity contribution is 0.331. The number of sulfonamides is 1. The third-order valence-corrected chi connectivity index (χ3v) is 6.99. The number of anilines is 1. The number of halogens is 2. The van der Waals surface area contributed by atoms with Crippen LogP contribution in [0.3, 0.4) is 0 Å². The highest BCUT2D eigenvalue weighted by atomic mass is 79.9. The van der Waals surface area contributed by atoms with Crippen LogP contribution in [0.2, 0.25) is 0 Å². The van der Waals surface area contributed by atoms with Gasteiger partial charge in [0.25, 0.3) is 10.0 Å². The van der Waals surface area contributed by atoms with Gasteiger partial charge in [-0.15, -0.1) is 11.3 Å². The summed E-state index contributed by atoms with van der Waals surface area (Å²) in [5, 5.41) is 2.39. The summed E-state index contributed by atoms with van der Waals surface area (Å²) in [7, 11) is -4.01. The topological polar surface area (TPSA) is 81.2 Å². The molecule has 0 saturated carbocycles. The molecule has 154 valence electrons. The van der Waals surface area contributed by atoms with Gasteiger partial charge < -0.3 is 4.74 Å². The second-order valence-corrected chi connectivity index (χ2v) is 9.61. The normalized spacial score (nSPS) is 11.6. The lowest BCUT2D eigenvalue weighted by Crippen LogP contribution is -2.16. The molecule has 0 amide bonds. The number of hydrogen-bond donors (Lipinski definition) is 1. The number of nitrogens with zero attached hydrogens (tertiary/aromatic N) is 2. The maximum Gasteiger partial charge on any atom is 0.266 e. The van der Waals surface area contributed by atoms with Crippen LogP contribution in [0.25, 0.3) is 21.3 Å². The molecule has 4 aromatic rings. The number of hydrogen-bond acceptors (Lipinski definition) is 6. The van der Waals surface area contributed by atoms with Crippen LogP contribution in [0.4, 0.5) is 10.2 Å². The van der Waals surface area contributed by atoms with Crippen LogP contribution in [-0.4, -0.2) is 25.0 Å². The number of aromatic nitrogens is 2. The molecule has 30 heavy (non-hydrogen) atoms. The fourth-order valence-electron chi connectivity index (χ4n) is 2.94. The van der Waals surface area contributed by atoms with Gasteiger partial charge in [0.15, 0.2) is 5.82 Å². The van der Waals surface area contributed by atoms with Crippen LogP contribution < -0.4 is 9.46 Å². The van der Waals surface area contributed by atoms with Crippen molar-refractivity contribution in [2.24, 2.45) is 0 Å². The quantitative estimate of drug-likeness (QED) is 0.374. The molecule has 10 heteroatoms. The predicted octanol–water partition coefficient (Wildman–Crippen LogP) is 5.46. The van der Waals surface area contributed by atoms with Crippen molar-refractivity contribution in [2.75, 3.05) is 11.3 Å². The first-order chi connectivity index (χ1) is 14.4. The molecule has 1 N–H and O–H groups in total. The van der Waals surface area contributed by atoms with E-state index >= 15 is 0 Å². The average molecular weight is 508 g/mol. The van der Waals surface area contributed by atoms with E-state index in [4.69, 9.17) is 4.74 Å². The minimum absolute atomic E-state index is 0.0101. The van der Waals surface area contributed by atoms with Crippen molar-refractivity contribution in [3.63, 3.8) is 0 Å². The monoisotopic (exact) mass is 507 g/mol. The van der Waals surface area contributed by atoms with Crippen LogP contribution in [0.5, 0.6) is 5.75 Å². The van der Waals surface area contributed by atoms with Crippen LogP contribution in [0.15, 0.2) is 63.5 Å². The smallest absolute Gasteiger partial charge is 0.266 e. The first-order valence-electron chi connectivity index (χ1n) is 8.82. The Morgan fingerprint density at radius 2 is 1.93 bits per heavy atom. The zero-order chi connectivity index (χ0) is 21.3. The summed E-state index contributed by atoms with van der Waals surface area (Å²) < 4.78 is 48.4. The van der Waals surface area contributed by atoms with Crippen molar-refractivity contribution in [3.05, 3.63) is 64.5 Å². The highest BCUT2D eigenvalue weighted by Gasteiger charge is 2.23. The molecule has 2 aromatic carbocycles. The second-order valence-electron chi connectivity index (χ2n) is 6.19. The van der Waals surface area contributed by atoms with E-state index in [9.17, 15) is 12.8 Å². The van der Waals surface area contributed by atoms with Crippen LogP contribution in [0, 0.1) is 5.82 Å². The fraction of sp³-hybridized carbons (Fsp3) is 0.100. The van der Waals surface area contributed by atoms with Crippen LogP contribution in [0.1, 0.15) is 6.92 Å². The molecule has 4 rings (SSSR count). The molecule has 0 unspecified atom stereocenters. The molecule has 2 heterocycles. The number of fused-ring (bicyclic) bond motifs is 1. The Labute approximate surface area is 184 Å². The van der Waals surface area contributed by atoms with E-state index in [0.29, 0.717) is 26.9 Å². The van der Waals surface area contributed by atoms with Gasteiger partial charge in [0.05, 0.1) is 12.0 Å². The minimum atomic E-state index is -4.01. The summed E-state index contributed by atoms with van der Waals surface area (Å²) in [4.78, 5) is 9.01. The lowest BCUT2D eigenvalue weighted by Gasteiger charge is -2.13. The molecular formula is C20H15BrFN3O3S2. The van der Waals surface area contributed by atoms with Gasteiger partial charge >= 0.3 is 0 Å². The van der Waals surface area contributed by atoms with Gasteiger partial charge in [-0.2, -0.15) is 0 Å². The molecule has 0 aliphatic rings. The Bertz CT molecular complexity index is 1330. The van der Waals surface area contributed by atoms with Gasteiger partial charge in [0.1, 0.15) is 27.6 Å². The standard InChI is InChI=1S/C20H15BrFN3O3S2/c1-2-28-16-8-5-13(21)9-17(16)30(26,27)25-19-18-15(10-29-20(18)24-11-23-19)12-3-6-14(22)7-4-12/h3-11H,2H2,1H3,(H,23,24,25). The first kappa shape index (κ1) is 20.7. The predicted molar refractivity (Wildman–Crippen MR) is 119 cm³/mol. The third kappa shape index (κ3) is 4.03. The molecule has 0 fully saturated rings. The molecule has 0 bridgehead atoms. The zero-order valence-electron chi connectivity index (χ0n) is 15.6. The Kier molecular flexibility index (Phi) is 5.72.